The maximum absolute atomic E-state index is 13.2. The Morgan fingerprint density at radius 2 is 2.00 bits per heavy atom. The van der Waals surface area contributed by atoms with Crippen LogP contribution in [0.15, 0.2) is 42.5 Å². The SMILES string of the molecule is Cc1ccccc1C(=O)Nc1ccc(F)c(C#N)c1. The van der Waals surface area contributed by atoms with Crippen LogP contribution < -0.4 is 5.32 Å². The number of nitrogens with zero attached hydrogens (tertiary/aromatic N) is 1. The predicted molar refractivity (Wildman–Crippen MR) is 70.2 cm³/mol. The molecule has 94 valence electrons. The zero-order valence-corrected chi connectivity index (χ0v) is 10.3. The summed E-state index contributed by atoms with van der Waals surface area (Å²) in [6, 6.07) is 12.8. The first-order valence-corrected chi connectivity index (χ1v) is 5.68. The van der Waals surface area contributed by atoms with Gasteiger partial charge in [-0.3, -0.25) is 4.79 Å². The van der Waals surface area contributed by atoms with Crippen molar-refractivity contribution in [2.75, 3.05) is 5.32 Å². The zero-order valence-electron chi connectivity index (χ0n) is 10.3. The third kappa shape index (κ3) is 2.78. The molecule has 1 N–H and O–H groups in total. The molecule has 0 saturated carbocycles. The fourth-order valence-electron chi connectivity index (χ4n) is 1.71. The summed E-state index contributed by atoms with van der Waals surface area (Å²) >= 11 is 0. The standard InChI is InChI=1S/C15H11FN2O/c1-10-4-2-3-5-13(10)15(19)18-12-6-7-14(16)11(8-12)9-17/h2-8H,1H3,(H,18,19). The van der Waals surface area contributed by atoms with Crippen molar-refractivity contribution >= 4 is 11.6 Å². The van der Waals surface area contributed by atoms with Crippen molar-refractivity contribution in [1.82, 2.24) is 0 Å². The number of aryl methyl sites for hydroxylation is 1. The number of rotatable bonds is 2. The monoisotopic (exact) mass is 254 g/mol. The molecule has 0 bridgehead atoms. The van der Waals surface area contributed by atoms with Gasteiger partial charge < -0.3 is 5.32 Å². The lowest BCUT2D eigenvalue weighted by atomic mass is 10.1. The van der Waals surface area contributed by atoms with E-state index in [2.05, 4.69) is 5.32 Å². The van der Waals surface area contributed by atoms with Crippen LogP contribution in [0.5, 0.6) is 0 Å². The Morgan fingerprint density at radius 3 is 2.68 bits per heavy atom. The molecule has 2 aromatic rings. The topological polar surface area (TPSA) is 52.9 Å². The number of nitriles is 1. The highest BCUT2D eigenvalue weighted by atomic mass is 19.1. The highest BCUT2D eigenvalue weighted by molar-refractivity contribution is 6.05. The fraction of sp³-hybridized carbons (Fsp3) is 0.0667. The summed E-state index contributed by atoms with van der Waals surface area (Å²) < 4.78 is 13.2. The summed E-state index contributed by atoms with van der Waals surface area (Å²) in [6.07, 6.45) is 0. The minimum atomic E-state index is -0.601. The van der Waals surface area contributed by atoms with E-state index in [1.54, 1.807) is 18.2 Å². The van der Waals surface area contributed by atoms with E-state index in [1.165, 1.54) is 12.1 Å². The molecule has 0 aromatic heterocycles. The third-order valence-electron chi connectivity index (χ3n) is 2.73. The van der Waals surface area contributed by atoms with Crippen LogP contribution in [0.3, 0.4) is 0 Å². The average Bonchev–Trinajstić information content (AvgIpc) is 2.41. The second-order valence-electron chi connectivity index (χ2n) is 4.08. The van der Waals surface area contributed by atoms with Crippen molar-refractivity contribution < 1.29 is 9.18 Å². The smallest absolute Gasteiger partial charge is 0.255 e. The Hall–Kier alpha value is -2.67. The number of hydrogen-bond acceptors (Lipinski definition) is 2. The number of amides is 1. The van der Waals surface area contributed by atoms with Gasteiger partial charge in [0.25, 0.3) is 5.91 Å². The second kappa shape index (κ2) is 5.32. The van der Waals surface area contributed by atoms with Gasteiger partial charge >= 0.3 is 0 Å². The number of anilines is 1. The summed E-state index contributed by atoms with van der Waals surface area (Å²) in [5.41, 5.74) is 1.70. The van der Waals surface area contributed by atoms with Gasteiger partial charge in [-0.05, 0) is 36.8 Å². The number of carbonyl (C=O) groups is 1. The molecule has 1 amide bonds. The van der Waals surface area contributed by atoms with E-state index < -0.39 is 5.82 Å². The molecule has 0 spiro atoms. The molecule has 0 saturated heterocycles. The highest BCUT2D eigenvalue weighted by Crippen LogP contribution is 2.16. The minimum Gasteiger partial charge on any atom is -0.322 e. The van der Waals surface area contributed by atoms with Crippen LogP contribution in [0.2, 0.25) is 0 Å². The van der Waals surface area contributed by atoms with Crippen molar-refractivity contribution in [2.24, 2.45) is 0 Å². The summed E-state index contributed by atoms with van der Waals surface area (Å²) in [5, 5.41) is 11.4. The van der Waals surface area contributed by atoms with Gasteiger partial charge in [0.2, 0.25) is 0 Å². The maximum atomic E-state index is 13.2. The van der Waals surface area contributed by atoms with Crippen molar-refractivity contribution in [3.05, 3.63) is 65.0 Å². The molecule has 0 fully saturated rings. The molecule has 4 heteroatoms. The van der Waals surface area contributed by atoms with Gasteiger partial charge in [-0.25, -0.2) is 4.39 Å². The molecule has 19 heavy (non-hydrogen) atoms. The fourth-order valence-corrected chi connectivity index (χ4v) is 1.71. The molecule has 0 aliphatic heterocycles. The first-order valence-electron chi connectivity index (χ1n) is 5.68. The number of carbonyl (C=O) groups excluding carboxylic acids is 1. The van der Waals surface area contributed by atoms with E-state index in [0.29, 0.717) is 11.3 Å². The van der Waals surface area contributed by atoms with Gasteiger partial charge in [0.15, 0.2) is 0 Å². The Bertz CT molecular complexity index is 674. The molecule has 2 rings (SSSR count). The predicted octanol–water partition coefficient (Wildman–Crippen LogP) is 3.26. The average molecular weight is 254 g/mol. The number of nitrogens with one attached hydrogen (secondary N) is 1. The Labute approximate surface area is 110 Å². The molecular formula is C15H11FN2O. The minimum absolute atomic E-state index is 0.0948. The third-order valence-corrected chi connectivity index (χ3v) is 2.73. The summed E-state index contributed by atoms with van der Waals surface area (Å²) in [7, 11) is 0. The van der Waals surface area contributed by atoms with Gasteiger partial charge in [-0.1, -0.05) is 18.2 Å². The normalized spacial score (nSPS) is 9.74. The van der Waals surface area contributed by atoms with Gasteiger partial charge in [0.1, 0.15) is 11.9 Å². The molecule has 0 heterocycles. The number of hydrogen-bond donors (Lipinski definition) is 1. The molecular weight excluding hydrogens is 243 g/mol. The van der Waals surface area contributed by atoms with Crippen molar-refractivity contribution in [2.45, 2.75) is 6.92 Å². The van der Waals surface area contributed by atoms with Gasteiger partial charge in [0.05, 0.1) is 5.56 Å². The van der Waals surface area contributed by atoms with E-state index in [4.69, 9.17) is 5.26 Å². The molecule has 0 aliphatic carbocycles. The van der Waals surface area contributed by atoms with E-state index in [1.807, 2.05) is 19.1 Å². The van der Waals surface area contributed by atoms with Crippen molar-refractivity contribution in [3.63, 3.8) is 0 Å². The lowest BCUT2D eigenvalue weighted by molar-refractivity contribution is 0.102. The first-order chi connectivity index (χ1) is 9.11. The summed E-state index contributed by atoms with van der Waals surface area (Å²) in [4.78, 5) is 12.0. The number of halogens is 1. The van der Waals surface area contributed by atoms with Crippen LogP contribution in [-0.2, 0) is 0 Å². The Kier molecular flexibility index (Phi) is 3.58. The molecule has 2 aromatic carbocycles. The van der Waals surface area contributed by atoms with E-state index in [9.17, 15) is 9.18 Å². The number of benzene rings is 2. The summed E-state index contributed by atoms with van der Waals surface area (Å²) in [6.45, 7) is 1.83. The van der Waals surface area contributed by atoms with Crippen LogP contribution in [0, 0.1) is 24.1 Å². The quantitative estimate of drug-likeness (QED) is 0.894. The van der Waals surface area contributed by atoms with E-state index in [-0.39, 0.29) is 11.5 Å². The maximum Gasteiger partial charge on any atom is 0.255 e. The van der Waals surface area contributed by atoms with Crippen molar-refractivity contribution in [1.29, 1.82) is 5.26 Å². The molecule has 0 radical (unpaired) electrons. The van der Waals surface area contributed by atoms with Gasteiger partial charge in [-0.15, -0.1) is 0 Å². The van der Waals surface area contributed by atoms with Crippen molar-refractivity contribution in [3.8, 4) is 6.07 Å². The molecule has 3 nitrogen and oxygen atoms in total. The second-order valence-corrected chi connectivity index (χ2v) is 4.08. The zero-order chi connectivity index (χ0) is 13.8. The van der Waals surface area contributed by atoms with Gasteiger partial charge in [-0.2, -0.15) is 5.26 Å². The largest absolute Gasteiger partial charge is 0.322 e. The van der Waals surface area contributed by atoms with Crippen LogP contribution in [0.4, 0.5) is 10.1 Å². The Morgan fingerprint density at radius 1 is 1.26 bits per heavy atom. The Balaban J connectivity index is 2.25. The molecule has 0 unspecified atom stereocenters. The summed E-state index contributed by atoms with van der Waals surface area (Å²) in [5.74, 6) is -0.884. The first kappa shape index (κ1) is 12.8. The lowest BCUT2D eigenvalue weighted by Gasteiger charge is -2.07. The molecule has 0 atom stereocenters. The molecule has 0 aliphatic rings. The lowest BCUT2D eigenvalue weighted by Crippen LogP contribution is -2.13. The van der Waals surface area contributed by atoms with Crippen LogP contribution in [0.1, 0.15) is 21.5 Å². The highest BCUT2D eigenvalue weighted by Gasteiger charge is 2.10. The van der Waals surface area contributed by atoms with E-state index in [0.717, 1.165) is 11.6 Å². The van der Waals surface area contributed by atoms with E-state index >= 15 is 0 Å². The van der Waals surface area contributed by atoms with Crippen LogP contribution >= 0.6 is 0 Å². The van der Waals surface area contributed by atoms with Gasteiger partial charge in [0, 0.05) is 11.3 Å². The van der Waals surface area contributed by atoms with Crippen LogP contribution in [-0.4, -0.2) is 5.91 Å². The van der Waals surface area contributed by atoms with Crippen LogP contribution in [0.25, 0.3) is 0 Å².